The highest BCUT2D eigenvalue weighted by atomic mass is 32.7. The fourth-order valence-electron chi connectivity index (χ4n) is 3.61. The van der Waals surface area contributed by atoms with Gasteiger partial charge in [0.1, 0.15) is 19.3 Å². The van der Waals surface area contributed by atoms with Crippen molar-refractivity contribution in [3.63, 3.8) is 0 Å². The predicted molar refractivity (Wildman–Crippen MR) is 148 cm³/mol. The SMILES string of the molecule is CCCCCCCCCCCCCCCCOCC(CSP(=O)(O)OCC[N+](C)(C)C)OC(C)=O. The average molecular weight is 541 g/mol. The summed E-state index contributed by atoms with van der Waals surface area (Å²) in [6.07, 6.45) is 17.8. The van der Waals surface area contributed by atoms with E-state index < -0.39 is 18.9 Å². The van der Waals surface area contributed by atoms with Crippen LogP contribution in [-0.2, 0) is 23.4 Å². The Balaban J connectivity index is 3.77. The van der Waals surface area contributed by atoms with Crippen LogP contribution in [0.1, 0.15) is 104 Å². The largest absolute Gasteiger partial charge is 0.459 e. The van der Waals surface area contributed by atoms with Crippen molar-refractivity contribution in [2.75, 3.05) is 53.3 Å². The quantitative estimate of drug-likeness (QED) is 0.0579. The molecule has 1 N–H and O–H groups in total. The van der Waals surface area contributed by atoms with E-state index >= 15 is 0 Å². The normalized spacial score (nSPS) is 14.6. The number of likely N-dealkylation sites (N-methyl/N-ethyl adjacent to an activating group) is 1. The number of unbranched alkanes of at least 4 members (excludes halogenated alkanes) is 13. The summed E-state index contributed by atoms with van der Waals surface area (Å²) in [6.45, 7) is 1.46. The molecular formula is C26H55NO6PS+. The van der Waals surface area contributed by atoms with Gasteiger partial charge >= 0.3 is 12.8 Å². The van der Waals surface area contributed by atoms with E-state index in [4.69, 9.17) is 14.0 Å². The van der Waals surface area contributed by atoms with E-state index in [0.29, 0.717) is 17.6 Å². The van der Waals surface area contributed by atoms with E-state index in [1.54, 1.807) is 0 Å². The van der Waals surface area contributed by atoms with Gasteiger partial charge in [-0.15, -0.1) is 0 Å². The molecule has 35 heavy (non-hydrogen) atoms. The molecule has 2 unspecified atom stereocenters. The van der Waals surface area contributed by atoms with Crippen LogP contribution in [0.3, 0.4) is 0 Å². The van der Waals surface area contributed by atoms with Crippen LogP contribution in [0.15, 0.2) is 0 Å². The van der Waals surface area contributed by atoms with Crippen LogP contribution < -0.4 is 0 Å². The van der Waals surface area contributed by atoms with Crippen LogP contribution in [0.4, 0.5) is 0 Å². The summed E-state index contributed by atoms with van der Waals surface area (Å²) in [7, 11) is 5.97. The highest BCUT2D eigenvalue weighted by Gasteiger charge is 2.25. The van der Waals surface area contributed by atoms with Gasteiger partial charge in [0.15, 0.2) is 0 Å². The van der Waals surface area contributed by atoms with Gasteiger partial charge in [0.2, 0.25) is 0 Å². The average Bonchev–Trinajstić information content (AvgIpc) is 2.75. The van der Waals surface area contributed by atoms with Gasteiger partial charge < -0.3 is 18.9 Å². The fraction of sp³-hybridized carbons (Fsp3) is 0.962. The van der Waals surface area contributed by atoms with Crippen molar-refractivity contribution < 1.29 is 32.7 Å². The number of carbonyl (C=O) groups is 1. The molecule has 0 spiro atoms. The van der Waals surface area contributed by atoms with Gasteiger partial charge in [-0.2, -0.15) is 0 Å². The lowest BCUT2D eigenvalue weighted by molar-refractivity contribution is -0.870. The molecule has 2 atom stereocenters. The Labute approximate surface area is 219 Å². The summed E-state index contributed by atoms with van der Waals surface area (Å²) in [6, 6.07) is 0. The van der Waals surface area contributed by atoms with Crippen molar-refractivity contribution in [1.29, 1.82) is 0 Å². The van der Waals surface area contributed by atoms with E-state index in [0.717, 1.165) is 24.2 Å². The van der Waals surface area contributed by atoms with Gasteiger partial charge in [-0.3, -0.25) is 9.32 Å². The minimum absolute atomic E-state index is 0.163. The third-order valence-corrected chi connectivity index (χ3v) is 8.82. The van der Waals surface area contributed by atoms with Gasteiger partial charge in [-0.1, -0.05) is 90.4 Å². The molecule has 0 aliphatic rings. The monoisotopic (exact) mass is 540 g/mol. The van der Waals surface area contributed by atoms with Crippen molar-refractivity contribution in [2.24, 2.45) is 0 Å². The van der Waals surface area contributed by atoms with Gasteiger partial charge in [-0.25, -0.2) is 4.57 Å². The maximum atomic E-state index is 12.2. The number of hydrogen-bond acceptors (Lipinski definition) is 6. The van der Waals surface area contributed by atoms with E-state index in [1.165, 1.54) is 84.0 Å². The molecule has 0 fully saturated rings. The van der Waals surface area contributed by atoms with Crippen molar-refractivity contribution in [3.05, 3.63) is 0 Å². The van der Waals surface area contributed by atoms with Gasteiger partial charge in [0.25, 0.3) is 0 Å². The Morgan fingerprint density at radius 2 is 1.34 bits per heavy atom. The van der Waals surface area contributed by atoms with Gasteiger partial charge in [0, 0.05) is 19.3 Å². The van der Waals surface area contributed by atoms with Crippen molar-refractivity contribution in [2.45, 2.75) is 110 Å². The van der Waals surface area contributed by atoms with Crippen LogP contribution >= 0.6 is 18.2 Å². The van der Waals surface area contributed by atoms with Crippen LogP contribution in [0.2, 0.25) is 0 Å². The zero-order valence-electron chi connectivity index (χ0n) is 23.3. The number of nitrogens with zero attached hydrogens (tertiary/aromatic N) is 1. The van der Waals surface area contributed by atoms with Crippen LogP contribution in [0, 0.1) is 0 Å². The smallest absolute Gasteiger partial charge is 0.386 e. The lowest BCUT2D eigenvalue weighted by atomic mass is 10.0. The van der Waals surface area contributed by atoms with Crippen molar-refractivity contribution in [1.82, 2.24) is 0 Å². The molecule has 0 bridgehead atoms. The molecule has 0 aliphatic heterocycles. The lowest BCUT2D eigenvalue weighted by Gasteiger charge is -2.24. The standard InChI is InChI=1S/C26H54NO6PS/c1-6-7-8-9-10-11-12-13-14-15-16-17-18-19-21-31-23-26(33-25(2)28)24-35-34(29,30)32-22-20-27(3,4)5/h26H,6-24H2,1-5H3/p+1. The van der Waals surface area contributed by atoms with E-state index in [1.807, 2.05) is 21.1 Å². The minimum atomic E-state index is -3.79. The Bertz CT molecular complexity index is 558. The molecule has 0 heterocycles. The Morgan fingerprint density at radius 1 is 0.857 bits per heavy atom. The number of esters is 1. The molecule has 7 nitrogen and oxygen atoms in total. The number of ether oxygens (including phenoxy) is 2. The van der Waals surface area contributed by atoms with E-state index in [-0.39, 0.29) is 19.0 Å². The number of carbonyl (C=O) groups excluding carboxylic acids is 1. The number of hydrogen-bond donors (Lipinski definition) is 1. The first-order valence-corrected chi connectivity index (χ1v) is 16.9. The first-order chi connectivity index (χ1) is 16.6. The summed E-state index contributed by atoms with van der Waals surface area (Å²) in [4.78, 5) is 21.4. The third kappa shape index (κ3) is 26.8. The summed E-state index contributed by atoms with van der Waals surface area (Å²) in [5.41, 5.74) is 0. The van der Waals surface area contributed by atoms with Crippen molar-refractivity contribution in [3.8, 4) is 0 Å². The molecule has 9 heteroatoms. The van der Waals surface area contributed by atoms with Crippen LogP contribution in [0.5, 0.6) is 0 Å². The Morgan fingerprint density at radius 3 is 1.80 bits per heavy atom. The summed E-state index contributed by atoms with van der Waals surface area (Å²) >= 11 is 0.792. The molecule has 0 aromatic rings. The second kappa shape index (κ2) is 21.9. The zero-order chi connectivity index (χ0) is 26.4. The Hall–Kier alpha value is -0.110. The van der Waals surface area contributed by atoms with E-state index in [2.05, 4.69) is 6.92 Å². The lowest BCUT2D eigenvalue weighted by Crippen LogP contribution is -2.37. The predicted octanol–water partition coefficient (Wildman–Crippen LogP) is 6.97. The first kappa shape index (κ1) is 34.9. The second-order valence-electron chi connectivity index (χ2n) is 10.5. The number of rotatable bonds is 25. The number of quaternary nitrogens is 1. The minimum Gasteiger partial charge on any atom is -0.459 e. The molecule has 0 radical (unpaired) electrons. The van der Waals surface area contributed by atoms with E-state index in [9.17, 15) is 14.3 Å². The summed E-state index contributed by atoms with van der Waals surface area (Å²) in [5, 5.41) is 0. The fourth-order valence-corrected chi connectivity index (χ4v) is 6.03. The molecule has 0 rings (SSSR count). The molecule has 0 saturated heterocycles. The molecule has 210 valence electrons. The molecule has 0 amide bonds. The van der Waals surface area contributed by atoms with Gasteiger partial charge in [-0.05, 0) is 17.8 Å². The molecule has 0 saturated carbocycles. The highest BCUT2D eigenvalue weighted by Crippen LogP contribution is 2.55. The summed E-state index contributed by atoms with van der Waals surface area (Å²) in [5.74, 6) is -0.259. The molecule has 0 aromatic heterocycles. The Kier molecular flexibility index (Phi) is 21.9. The van der Waals surface area contributed by atoms with Crippen molar-refractivity contribution >= 4 is 24.1 Å². The van der Waals surface area contributed by atoms with Gasteiger partial charge in [0.05, 0.1) is 27.7 Å². The topological polar surface area (TPSA) is 82.1 Å². The zero-order valence-corrected chi connectivity index (χ0v) is 25.0. The summed E-state index contributed by atoms with van der Waals surface area (Å²) < 4.78 is 29.0. The maximum Gasteiger partial charge on any atom is 0.386 e. The first-order valence-electron chi connectivity index (χ1n) is 13.7. The van der Waals surface area contributed by atoms with Crippen LogP contribution in [0.25, 0.3) is 0 Å². The molecular weight excluding hydrogens is 485 g/mol. The second-order valence-corrected chi connectivity index (χ2v) is 14.5. The molecule has 0 aliphatic carbocycles. The van der Waals surface area contributed by atoms with Crippen LogP contribution in [-0.4, -0.2) is 74.7 Å². The maximum absolute atomic E-state index is 12.2. The highest BCUT2D eigenvalue weighted by molar-refractivity contribution is 8.54. The third-order valence-electron chi connectivity index (χ3n) is 5.72. The molecule has 0 aromatic carbocycles.